The van der Waals surface area contributed by atoms with Crippen LogP contribution < -0.4 is 5.32 Å². The zero-order chi connectivity index (χ0) is 18.4. The number of fused-ring (bicyclic) bond motifs is 5. The molecular formula is C21H24N2O3. The number of hydrogen-bond donors (Lipinski definition) is 1. The number of amides is 3. The minimum atomic E-state index is -0.750. The smallest absolute Gasteiger partial charge is 0.247 e. The van der Waals surface area contributed by atoms with E-state index in [4.69, 9.17) is 0 Å². The van der Waals surface area contributed by atoms with E-state index in [0.29, 0.717) is 12.1 Å². The van der Waals surface area contributed by atoms with Crippen molar-refractivity contribution in [2.24, 2.45) is 29.6 Å². The van der Waals surface area contributed by atoms with E-state index < -0.39 is 6.04 Å². The molecule has 1 heterocycles. The van der Waals surface area contributed by atoms with Gasteiger partial charge in [-0.15, -0.1) is 0 Å². The summed E-state index contributed by atoms with van der Waals surface area (Å²) in [5.74, 6) is -0.638. The molecule has 0 spiro atoms. The first-order chi connectivity index (χ1) is 12.5. The Balaban J connectivity index is 1.60. The number of likely N-dealkylation sites (tertiary alicyclic amines) is 1. The third-order valence-corrected chi connectivity index (χ3v) is 5.85. The summed E-state index contributed by atoms with van der Waals surface area (Å²) in [5.41, 5.74) is 0.673. The van der Waals surface area contributed by atoms with Crippen LogP contribution in [0.15, 0.2) is 42.5 Å². The summed E-state index contributed by atoms with van der Waals surface area (Å²) in [6.45, 7) is 4.00. The first-order valence-electron chi connectivity index (χ1n) is 9.38. The normalized spacial score (nSPS) is 30.2. The Morgan fingerprint density at radius 1 is 1.08 bits per heavy atom. The number of nitrogens with one attached hydrogen (secondary N) is 1. The molecule has 1 aromatic rings. The van der Waals surface area contributed by atoms with Crippen molar-refractivity contribution in [1.82, 2.24) is 4.90 Å². The Hall–Kier alpha value is -2.43. The molecule has 1 aliphatic heterocycles. The molecule has 136 valence electrons. The van der Waals surface area contributed by atoms with E-state index in [-0.39, 0.29) is 47.3 Å². The van der Waals surface area contributed by atoms with Gasteiger partial charge in [-0.2, -0.15) is 0 Å². The van der Waals surface area contributed by atoms with Gasteiger partial charge in [0.25, 0.3) is 0 Å². The summed E-state index contributed by atoms with van der Waals surface area (Å²) in [6.07, 6.45) is 5.51. The number of hydrogen-bond acceptors (Lipinski definition) is 3. The topological polar surface area (TPSA) is 66.5 Å². The van der Waals surface area contributed by atoms with Gasteiger partial charge in [0, 0.05) is 5.69 Å². The fourth-order valence-corrected chi connectivity index (χ4v) is 4.76. The van der Waals surface area contributed by atoms with Gasteiger partial charge in [0.1, 0.15) is 6.04 Å². The van der Waals surface area contributed by atoms with Gasteiger partial charge in [-0.25, -0.2) is 0 Å². The predicted octanol–water partition coefficient (Wildman–Crippen LogP) is 2.85. The van der Waals surface area contributed by atoms with E-state index in [1.165, 1.54) is 4.90 Å². The van der Waals surface area contributed by atoms with Gasteiger partial charge in [-0.3, -0.25) is 19.3 Å². The van der Waals surface area contributed by atoms with Gasteiger partial charge in [-0.1, -0.05) is 44.2 Å². The number of imide groups is 1. The minimum Gasteiger partial charge on any atom is -0.324 e. The van der Waals surface area contributed by atoms with Gasteiger partial charge in [-0.05, 0) is 42.7 Å². The highest BCUT2D eigenvalue weighted by Crippen LogP contribution is 2.53. The molecule has 1 aromatic carbocycles. The van der Waals surface area contributed by atoms with Crippen molar-refractivity contribution in [2.45, 2.75) is 32.7 Å². The number of carbonyl (C=O) groups is 3. The van der Waals surface area contributed by atoms with Crippen LogP contribution in [-0.2, 0) is 14.4 Å². The zero-order valence-electron chi connectivity index (χ0n) is 15.1. The molecule has 5 heteroatoms. The average Bonchev–Trinajstić information content (AvgIpc) is 3.28. The van der Waals surface area contributed by atoms with Gasteiger partial charge >= 0.3 is 0 Å². The first kappa shape index (κ1) is 17.0. The van der Waals surface area contributed by atoms with Crippen molar-refractivity contribution in [3.8, 4) is 0 Å². The van der Waals surface area contributed by atoms with Crippen LogP contribution >= 0.6 is 0 Å². The molecule has 1 saturated heterocycles. The number of carbonyl (C=O) groups excluding carboxylic acids is 3. The van der Waals surface area contributed by atoms with Gasteiger partial charge in [0.05, 0.1) is 11.8 Å². The second kappa shape index (κ2) is 6.38. The molecule has 5 nitrogen and oxygen atoms in total. The number of rotatable bonds is 5. The van der Waals surface area contributed by atoms with Crippen LogP contribution in [-0.4, -0.2) is 28.7 Å². The van der Waals surface area contributed by atoms with E-state index in [1.807, 2.05) is 32.0 Å². The Bertz CT molecular complexity index is 741. The number of benzene rings is 1. The van der Waals surface area contributed by atoms with Crippen molar-refractivity contribution >= 4 is 23.4 Å². The number of anilines is 1. The molecule has 2 bridgehead atoms. The molecule has 0 radical (unpaired) electrons. The first-order valence-corrected chi connectivity index (χ1v) is 9.38. The molecule has 1 N–H and O–H groups in total. The van der Waals surface area contributed by atoms with Crippen LogP contribution in [0.25, 0.3) is 0 Å². The highest BCUT2D eigenvalue weighted by Gasteiger charge is 2.61. The second-order valence-corrected chi connectivity index (χ2v) is 8.05. The fraction of sp³-hybridized carbons (Fsp3) is 0.476. The quantitative estimate of drug-likeness (QED) is 0.654. The van der Waals surface area contributed by atoms with Crippen LogP contribution in [0, 0.1) is 29.6 Å². The Morgan fingerprint density at radius 3 is 2.19 bits per heavy atom. The molecule has 1 saturated carbocycles. The van der Waals surface area contributed by atoms with E-state index in [9.17, 15) is 14.4 Å². The van der Waals surface area contributed by atoms with Crippen LogP contribution in [0.4, 0.5) is 5.69 Å². The lowest BCUT2D eigenvalue weighted by Gasteiger charge is -2.28. The largest absolute Gasteiger partial charge is 0.324 e. The molecule has 2 aliphatic carbocycles. The van der Waals surface area contributed by atoms with Gasteiger partial charge < -0.3 is 5.32 Å². The molecule has 0 unspecified atom stereocenters. The highest BCUT2D eigenvalue weighted by molar-refractivity contribution is 6.10. The van der Waals surface area contributed by atoms with Crippen LogP contribution in [0.2, 0.25) is 0 Å². The second-order valence-electron chi connectivity index (χ2n) is 8.05. The van der Waals surface area contributed by atoms with E-state index >= 15 is 0 Å². The summed E-state index contributed by atoms with van der Waals surface area (Å²) < 4.78 is 0. The Morgan fingerprint density at radius 2 is 1.65 bits per heavy atom. The summed E-state index contributed by atoms with van der Waals surface area (Å²) in [7, 11) is 0. The molecule has 2 fully saturated rings. The maximum atomic E-state index is 13.1. The summed E-state index contributed by atoms with van der Waals surface area (Å²) >= 11 is 0. The standard InChI is InChI=1S/C21H24N2O3/c1-12(2)10-16(19(24)22-15-6-4-3-5-7-15)23-20(25)17-13-8-9-14(11-13)18(17)21(23)26/h3-9,12-14,16-18H,10-11H2,1-2H3,(H,22,24)/t13-,14-,16+,17-,18-/m0/s1. The highest BCUT2D eigenvalue weighted by atomic mass is 16.2. The van der Waals surface area contributed by atoms with E-state index in [2.05, 4.69) is 17.5 Å². The van der Waals surface area contributed by atoms with Gasteiger partial charge in [0.2, 0.25) is 17.7 Å². The van der Waals surface area contributed by atoms with Crippen molar-refractivity contribution in [3.63, 3.8) is 0 Å². The maximum Gasteiger partial charge on any atom is 0.247 e. The molecule has 3 amide bonds. The van der Waals surface area contributed by atoms with Crippen LogP contribution in [0.1, 0.15) is 26.7 Å². The molecule has 4 rings (SSSR count). The van der Waals surface area contributed by atoms with E-state index in [1.54, 1.807) is 12.1 Å². The Labute approximate surface area is 153 Å². The third-order valence-electron chi connectivity index (χ3n) is 5.85. The zero-order valence-corrected chi connectivity index (χ0v) is 15.1. The predicted molar refractivity (Wildman–Crippen MR) is 97.9 cm³/mol. The summed E-state index contributed by atoms with van der Waals surface area (Å²) in [5, 5.41) is 2.87. The monoisotopic (exact) mass is 352 g/mol. The number of nitrogens with zero attached hydrogens (tertiary/aromatic N) is 1. The number of para-hydroxylation sites is 1. The fourth-order valence-electron chi connectivity index (χ4n) is 4.76. The summed E-state index contributed by atoms with van der Waals surface area (Å²) in [4.78, 5) is 40.3. The van der Waals surface area contributed by atoms with Crippen molar-refractivity contribution < 1.29 is 14.4 Å². The molecule has 3 aliphatic rings. The van der Waals surface area contributed by atoms with Crippen molar-refractivity contribution in [1.29, 1.82) is 0 Å². The number of allylic oxidation sites excluding steroid dienone is 2. The lowest BCUT2D eigenvalue weighted by Crippen LogP contribution is -2.49. The van der Waals surface area contributed by atoms with Crippen LogP contribution in [0.5, 0.6) is 0 Å². The lowest BCUT2D eigenvalue weighted by atomic mass is 9.85. The Kier molecular flexibility index (Phi) is 4.17. The SMILES string of the molecule is CC(C)C[C@H](C(=O)Nc1ccccc1)N1C(=O)[C@@H]2[C@@H](C1=O)[C@H]1C=C[C@H]2C1. The van der Waals surface area contributed by atoms with Gasteiger partial charge in [0.15, 0.2) is 0 Å². The summed E-state index contributed by atoms with van der Waals surface area (Å²) in [6, 6.07) is 8.41. The molecule has 5 atom stereocenters. The minimum absolute atomic E-state index is 0.156. The molecule has 0 aromatic heterocycles. The average molecular weight is 352 g/mol. The maximum absolute atomic E-state index is 13.1. The van der Waals surface area contributed by atoms with Crippen LogP contribution in [0.3, 0.4) is 0 Å². The van der Waals surface area contributed by atoms with E-state index in [0.717, 1.165) is 6.42 Å². The molecular weight excluding hydrogens is 328 g/mol. The third kappa shape index (κ3) is 2.66. The van der Waals surface area contributed by atoms with Crippen molar-refractivity contribution in [2.75, 3.05) is 5.32 Å². The van der Waals surface area contributed by atoms with Crippen molar-refractivity contribution in [3.05, 3.63) is 42.5 Å². The molecule has 26 heavy (non-hydrogen) atoms. The lowest BCUT2D eigenvalue weighted by molar-refractivity contribution is -0.147.